The number of hydrogen-bond acceptors (Lipinski definition) is 2. The van der Waals surface area contributed by atoms with E-state index in [-0.39, 0.29) is 0 Å². The number of hydrogen-bond donors (Lipinski definition) is 0. The second-order valence-corrected chi connectivity index (χ2v) is 5.35. The molecule has 0 radical (unpaired) electrons. The summed E-state index contributed by atoms with van der Waals surface area (Å²) < 4.78 is 0. The lowest BCUT2D eigenvalue weighted by molar-refractivity contribution is 0.329. The average Bonchev–Trinajstić information content (AvgIpc) is 2.54. The maximum atomic E-state index is 6.05. The van der Waals surface area contributed by atoms with Gasteiger partial charge in [0.15, 0.2) is 0 Å². The number of halogens is 1. The minimum atomic E-state index is 0.438. The van der Waals surface area contributed by atoms with E-state index in [1.807, 2.05) is 12.1 Å². The number of amidine groups is 1. The Morgan fingerprint density at radius 2 is 2.18 bits per heavy atom. The summed E-state index contributed by atoms with van der Waals surface area (Å²) in [4.78, 5) is 7.26. The molecule has 3 rings (SSSR count). The molecule has 17 heavy (non-hydrogen) atoms. The highest BCUT2D eigenvalue weighted by Crippen LogP contribution is 2.38. The third-order valence-corrected chi connectivity index (χ3v) is 4.03. The van der Waals surface area contributed by atoms with Gasteiger partial charge in [0.1, 0.15) is 5.84 Å². The number of fused-ring (bicyclic) bond motifs is 2. The van der Waals surface area contributed by atoms with E-state index in [0.29, 0.717) is 6.04 Å². The van der Waals surface area contributed by atoms with Crippen LogP contribution in [-0.4, -0.2) is 17.3 Å². The zero-order valence-corrected chi connectivity index (χ0v) is 10.9. The minimum absolute atomic E-state index is 0.438. The Kier molecular flexibility index (Phi) is 2.83. The van der Waals surface area contributed by atoms with Gasteiger partial charge in [-0.3, -0.25) is 0 Å². The van der Waals surface area contributed by atoms with Crippen LogP contribution >= 0.6 is 11.6 Å². The first kappa shape index (κ1) is 11.1. The highest BCUT2D eigenvalue weighted by atomic mass is 35.5. The van der Waals surface area contributed by atoms with Crippen LogP contribution in [0, 0.1) is 0 Å². The van der Waals surface area contributed by atoms with Crippen molar-refractivity contribution >= 4 is 23.1 Å². The van der Waals surface area contributed by atoms with Crippen molar-refractivity contribution in [3.63, 3.8) is 0 Å². The smallest absolute Gasteiger partial charge is 0.105 e. The summed E-state index contributed by atoms with van der Waals surface area (Å²) in [6.45, 7) is 3.41. The van der Waals surface area contributed by atoms with Crippen LogP contribution in [-0.2, 0) is 0 Å². The molecule has 0 saturated carbocycles. The summed E-state index contributed by atoms with van der Waals surface area (Å²) in [5.74, 6) is 1.25. The van der Waals surface area contributed by atoms with E-state index in [4.69, 9.17) is 16.6 Å². The Hall–Kier alpha value is -1.02. The van der Waals surface area contributed by atoms with Gasteiger partial charge in [0.2, 0.25) is 0 Å². The van der Waals surface area contributed by atoms with Gasteiger partial charge in [-0.15, -0.1) is 0 Å². The molecule has 1 fully saturated rings. The van der Waals surface area contributed by atoms with Gasteiger partial charge in [-0.1, -0.05) is 24.1 Å². The third kappa shape index (κ3) is 1.95. The van der Waals surface area contributed by atoms with Crippen molar-refractivity contribution in [2.75, 3.05) is 6.54 Å². The second-order valence-electron chi connectivity index (χ2n) is 4.91. The third-order valence-electron chi connectivity index (χ3n) is 3.79. The van der Waals surface area contributed by atoms with Crippen molar-refractivity contribution in [2.45, 2.75) is 38.6 Å². The maximum absolute atomic E-state index is 6.05. The van der Waals surface area contributed by atoms with Crippen LogP contribution in [0.3, 0.4) is 0 Å². The summed E-state index contributed by atoms with van der Waals surface area (Å²) >= 11 is 6.05. The Labute approximate surface area is 107 Å². The molecule has 2 heterocycles. The highest BCUT2D eigenvalue weighted by molar-refractivity contribution is 6.30. The van der Waals surface area contributed by atoms with E-state index in [0.717, 1.165) is 23.7 Å². The SMILES string of the molecule is CC1c2ccc(Cl)cc2N=C2CCCCCN21. The molecule has 2 aliphatic rings. The monoisotopic (exact) mass is 248 g/mol. The zero-order valence-electron chi connectivity index (χ0n) is 10.1. The Balaban J connectivity index is 2.06. The summed E-state index contributed by atoms with van der Waals surface area (Å²) in [6, 6.07) is 6.51. The summed E-state index contributed by atoms with van der Waals surface area (Å²) in [5, 5.41) is 0.780. The average molecular weight is 249 g/mol. The molecule has 2 aliphatic heterocycles. The molecule has 0 aliphatic carbocycles. The van der Waals surface area contributed by atoms with Crippen LogP contribution < -0.4 is 0 Å². The van der Waals surface area contributed by atoms with Crippen molar-refractivity contribution < 1.29 is 0 Å². The predicted octanol–water partition coefficient (Wildman–Crippen LogP) is 4.32. The molecule has 1 atom stereocenters. The number of rotatable bonds is 0. The fourth-order valence-electron chi connectivity index (χ4n) is 2.83. The van der Waals surface area contributed by atoms with Crippen molar-refractivity contribution in [1.29, 1.82) is 0 Å². The van der Waals surface area contributed by atoms with Gasteiger partial charge >= 0.3 is 0 Å². The van der Waals surface area contributed by atoms with Crippen molar-refractivity contribution in [3.05, 3.63) is 28.8 Å². The minimum Gasteiger partial charge on any atom is -0.353 e. The lowest BCUT2D eigenvalue weighted by atomic mass is 10.0. The summed E-state index contributed by atoms with van der Waals surface area (Å²) in [5.41, 5.74) is 2.37. The Morgan fingerprint density at radius 3 is 3.06 bits per heavy atom. The zero-order chi connectivity index (χ0) is 11.8. The van der Waals surface area contributed by atoms with E-state index in [1.54, 1.807) is 0 Å². The molecule has 0 amide bonds. The molecule has 0 bridgehead atoms. The van der Waals surface area contributed by atoms with Crippen LogP contribution in [0.25, 0.3) is 0 Å². The lowest BCUT2D eigenvalue weighted by Crippen LogP contribution is -2.35. The van der Waals surface area contributed by atoms with Gasteiger partial charge in [0.25, 0.3) is 0 Å². The first-order chi connectivity index (χ1) is 8.25. The van der Waals surface area contributed by atoms with Crippen LogP contribution in [0.1, 0.15) is 44.2 Å². The molecular formula is C14H17ClN2. The van der Waals surface area contributed by atoms with E-state index >= 15 is 0 Å². The van der Waals surface area contributed by atoms with Crippen molar-refractivity contribution in [1.82, 2.24) is 4.90 Å². The normalized spacial score (nSPS) is 23.5. The molecule has 1 unspecified atom stereocenters. The molecule has 2 nitrogen and oxygen atoms in total. The first-order valence-corrected chi connectivity index (χ1v) is 6.77. The fourth-order valence-corrected chi connectivity index (χ4v) is 2.99. The van der Waals surface area contributed by atoms with E-state index in [9.17, 15) is 0 Å². The molecule has 90 valence electrons. The number of aliphatic imine (C=N–C) groups is 1. The molecule has 0 aromatic heterocycles. The van der Waals surface area contributed by atoms with Crippen LogP contribution in [0.5, 0.6) is 0 Å². The van der Waals surface area contributed by atoms with Crippen LogP contribution in [0.2, 0.25) is 5.02 Å². The standard InChI is InChI=1S/C14H17ClN2/c1-10-12-7-6-11(15)9-13(12)16-14-5-3-2-4-8-17(10)14/h6-7,9-10H,2-5,8H2,1H3. The highest BCUT2D eigenvalue weighted by Gasteiger charge is 2.27. The van der Waals surface area contributed by atoms with Gasteiger partial charge in [-0.05, 0) is 31.9 Å². The largest absolute Gasteiger partial charge is 0.353 e. The molecule has 0 spiro atoms. The van der Waals surface area contributed by atoms with Gasteiger partial charge in [-0.25, -0.2) is 4.99 Å². The first-order valence-electron chi connectivity index (χ1n) is 6.39. The molecule has 3 heteroatoms. The van der Waals surface area contributed by atoms with Crippen molar-refractivity contribution in [3.8, 4) is 0 Å². The number of benzene rings is 1. The van der Waals surface area contributed by atoms with E-state index in [1.165, 1.54) is 30.7 Å². The second kappa shape index (κ2) is 4.34. The van der Waals surface area contributed by atoms with E-state index in [2.05, 4.69) is 17.9 Å². The topological polar surface area (TPSA) is 15.6 Å². The summed E-state index contributed by atoms with van der Waals surface area (Å²) in [7, 11) is 0. The summed E-state index contributed by atoms with van der Waals surface area (Å²) in [6.07, 6.45) is 4.97. The fraction of sp³-hybridized carbons (Fsp3) is 0.500. The van der Waals surface area contributed by atoms with Gasteiger partial charge < -0.3 is 4.90 Å². The lowest BCUT2D eigenvalue weighted by Gasteiger charge is -2.35. The van der Waals surface area contributed by atoms with Gasteiger partial charge in [0, 0.05) is 23.6 Å². The molecule has 1 saturated heterocycles. The maximum Gasteiger partial charge on any atom is 0.105 e. The van der Waals surface area contributed by atoms with Gasteiger partial charge in [0.05, 0.1) is 11.7 Å². The predicted molar refractivity (Wildman–Crippen MR) is 72.1 cm³/mol. The quantitative estimate of drug-likeness (QED) is 0.668. The van der Waals surface area contributed by atoms with E-state index < -0.39 is 0 Å². The van der Waals surface area contributed by atoms with Gasteiger partial charge in [-0.2, -0.15) is 0 Å². The Bertz CT molecular complexity index is 467. The Morgan fingerprint density at radius 1 is 1.29 bits per heavy atom. The van der Waals surface area contributed by atoms with Crippen molar-refractivity contribution in [2.24, 2.45) is 4.99 Å². The number of nitrogens with zero attached hydrogens (tertiary/aromatic N) is 2. The molecular weight excluding hydrogens is 232 g/mol. The molecule has 1 aromatic rings. The van der Waals surface area contributed by atoms with Crippen LogP contribution in [0.4, 0.5) is 5.69 Å². The molecule has 1 aromatic carbocycles. The molecule has 0 N–H and O–H groups in total. The van der Waals surface area contributed by atoms with Crippen LogP contribution in [0.15, 0.2) is 23.2 Å².